The van der Waals surface area contributed by atoms with Gasteiger partial charge in [-0.1, -0.05) is 13.0 Å². The molecule has 152 valence electrons. The summed E-state index contributed by atoms with van der Waals surface area (Å²) in [7, 11) is 0. The fraction of sp³-hybridized carbons (Fsp3) is 0.571. The van der Waals surface area contributed by atoms with Gasteiger partial charge in [0.1, 0.15) is 22.7 Å². The fourth-order valence-corrected chi connectivity index (χ4v) is 5.26. The molecular weight excluding hydrogens is 381 g/mol. The maximum Gasteiger partial charge on any atom is 0.130 e. The second kappa shape index (κ2) is 8.45. The summed E-state index contributed by atoms with van der Waals surface area (Å²) in [6, 6.07) is 4.96. The number of nitrogens with zero attached hydrogens (tertiary/aromatic N) is 1. The van der Waals surface area contributed by atoms with E-state index < -0.39 is 6.10 Å². The molecule has 1 saturated heterocycles. The Kier molecular flexibility index (Phi) is 5.96. The van der Waals surface area contributed by atoms with Crippen molar-refractivity contribution in [2.45, 2.75) is 57.5 Å². The summed E-state index contributed by atoms with van der Waals surface area (Å²) in [5.41, 5.74) is 1.34. The molecule has 28 heavy (non-hydrogen) atoms. The van der Waals surface area contributed by atoms with Gasteiger partial charge in [-0.2, -0.15) is 0 Å². The molecule has 2 aromatic rings. The Morgan fingerprint density at radius 2 is 2.21 bits per heavy atom. The van der Waals surface area contributed by atoms with Crippen molar-refractivity contribution in [2.75, 3.05) is 6.61 Å². The third-order valence-electron chi connectivity index (χ3n) is 5.95. The number of benzene rings is 1. The number of aryl methyl sites for hydroxylation is 1. The minimum absolute atomic E-state index is 0.0239. The van der Waals surface area contributed by atoms with Crippen molar-refractivity contribution in [3.8, 4) is 5.75 Å². The first-order valence-corrected chi connectivity index (χ1v) is 10.8. The van der Waals surface area contributed by atoms with Crippen molar-refractivity contribution in [3.05, 3.63) is 45.7 Å². The molecule has 1 aliphatic carbocycles. The Morgan fingerprint density at radius 1 is 1.36 bits per heavy atom. The normalized spacial score (nSPS) is 29.6. The molecule has 1 aliphatic heterocycles. The van der Waals surface area contributed by atoms with Gasteiger partial charge in [-0.15, -0.1) is 11.3 Å². The monoisotopic (exact) mass is 407 g/mol. The zero-order chi connectivity index (χ0) is 19.7. The molecule has 0 unspecified atom stereocenters. The van der Waals surface area contributed by atoms with E-state index in [9.17, 15) is 14.6 Å². The van der Waals surface area contributed by atoms with E-state index in [0.29, 0.717) is 36.5 Å². The molecule has 7 heteroatoms. The number of aliphatic hydroxyl groups is 2. The van der Waals surface area contributed by atoms with E-state index in [-0.39, 0.29) is 36.5 Å². The SMILES string of the molecule is CCc1ccc(OC[C@@H]2[C@H]3CC[C@H](c4nc(CO)cs4)O[C@H]3C[C@@H]2O)cc1F. The van der Waals surface area contributed by atoms with Gasteiger partial charge in [-0.3, -0.25) is 0 Å². The van der Waals surface area contributed by atoms with E-state index in [1.165, 1.54) is 17.4 Å². The molecule has 0 bridgehead atoms. The van der Waals surface area contributed by atoms with Gasteiger partial charge < -0.3 is 19.7 Å². The highest BCUT2D eigenvalue weighted by atomic mass is 32.1. The molecule has 0 radical (unpaired) electrons. The van der Waals surface area contributed by atoms with E-state index in [4.69, 9.17) is 9.47 Å². The highest BCUT2D eigenvalue weighted by Crippen LogP contribution is 2.46. The Balaban J connectivity index is 1.37. The van der Waals surface area contributed by atoms with E-state index in [0.717, 1.165) is 17.8 Å². The number of hydrogen-bond donors (Lipinski definition) is 2. The average Bonchev–Trinajstić information content (AvgIpc) is 3.29. The van der Waals surface area contributed by atoms with Gasteiger partial charge in [0.2, 0.25) is 0 Å². The summed E-state index contributed by atoms with van der Waals surface area (Å²) in [6.07, 6.45) is 2.40. The number of halogens is 1. The van der Waals surface area contributed by atoms with Gasteiger partial charge >= 0.3 is 0 Å². The predicted octanol–water partition coefficient (Wildman–Crippen LogP) is 3.63. The number of fused-ring (bicyclic) bond motifs is 1. The molecule has 1 saturated carbocycles. The average molecular weight is 408 g/mol. The standard InChI is InChI=1S/C21H26FNO4S/c1-2-12-3-4-14(7-17(12)22)26-10-16-15-5-6-19(27-20(15)8-18(16)25)21-23-13(9-24)11-28-21/h3-4,7,11,15-16,18-20,24-25H,2,5-6,8-10H2,1H3/t15-,16-,18+,19-,20+/m1/s1. The van der Waals surface area contributed by atoms with Crippen molar-refractivity contribution < 1.29 is 24.1 Å². The molecule has 0 amide bonds. The third-order valence-corrected chi connectivity index (χ3v) is 6.94. The third kappa shape index (κ3) is 3.94. The summed E-state index contributed by atoms with van der Waals surface area (Å²) in [6.45, 7) is 2.21. The maximum absolute atomic E-state index is 14.0. The zero-order valence-corrected chi connectivity index (χ0v) is 16.7. The van der Waals surface area contributed by atoms with E-state index in [1.807, 2.05) is 12.3 Å². The molecule has 5 atom stereocenters. The van der Waals surface area contributed by atoms with Crippen molar-refractivity contribution >= 4 is 11.3 Å². The fourth-order valence-electron chi connectivity index (χ4n) is 4.38. The molecule has 1 aromatic carbocycles. The second-order valence-electron chi connectivity index (χ2n) is 7.62. The number of ether oxygens (including phenoxy) is 2. The number of rotatable bonds is 6. The Bertz CT molecular complexity index is 813. The highest BCUT2D eigenvalue weighted by molar-refractivity contribution is 7.09. The quantitative estimate of drug-likeness (QED) is 0.765. The first-order chi connectivity index (χ1) is 13.6. The highest BCUT2D eigenvalue weighted by Gasteiger charge is 2.47. The van der Waals surface area contributed by atoms with Gasteiger partial charge in [0.15, 0.2) is 0 Å². The van der Waals surface area contributed by atoms with Crippen LogP contribution >= 0.6 is 11.3 Å². The zero-order valence-electron chi connectivity index (χ0n) is 15.9. The molecule has 2 heterocycles. The van der Waals surface area contributed by atoms with Crippen LogP contribution < -0.4 is 4.74 Å². The molecule has 2 fully saturated rings. The van der Waals surface area contributed by atoms with Crippen molar-refractivity contribution in [1.29, 1.82) is 0 Å². The largest absolute Gasteiger partial charge is 0.493 e. The molecule has 0 spiro atoms. The Labute approximate surface area is 168 Å². The van der Waals surface area contributed by atoms with Crippen LogP contribution in [-0.4, -0.2) is 34.0 Å². The minimum atomic E-state index is -0.488. The molecule has 1 aromatic heterocycles. The molecular formula is C21H26FNO4S. The topological polar surface area (TPSA) is 71.8 Å². The smallest absolute Gasteiger partial charge is 0.130 e. The van der Waals surface area contributed by atoms with Crippen LogP contribution in [0, 0.1) is 17.7 Å². The van der Waals surface area contributed by atoms with E-state index in [1.54, 1.807) is 12.1 Å². The predicted molar refractivity (Wildman–Crippen MR) is 104 cm³/mol. The van der Waals surface area contributed by atoms with Crippen LogP contribution in [0.25, 0.3) is 0 Å². The lowest BCUT2D eigenvalue weighted by molar-refractivity contribution is -0.0812. The molecule has 5 nitrogen and oxygen atoms in total. The van der Waals surface area contributed by atoms with Crippen LogP contribution in [-0.2, 0) is 17.8 Å². The maximum atomic E-state index is 14.0. The Morgan fingerprint density at radius 3 is 2.93 bits per heavy atom. The first kappa shape index (κ1) is 19.8. The lowest BCUT2D eigenvalue weighted by Gasteiger charge is -2.33. The number of aromatic nitrogens is 1. The summed E-state index contributed by atoms with van der Waals surface area (Å²) >= 11 is 1.51. The number of hydrogen-bond acceptors (Lipinski definition) is 6. The molecule has 2 N–H and O–H groups in total. The van der Waals surface area contributed by atoms with Crippen LogP contribution in [0.4, 0.5) is 4.39 Å². The van der Waals surface area contributed by atoms with Crippen LogP contribution in [0.1, 0.15) is 48.6 Å². The van der Waals surface area contributed by atoms with Crippen molar-refractivity contribution in [2.24, 2.45) is 11.8 Å². The molecule has 2 aliphatic rings. The van der Waals surface area contributed by atoms with Gasteiger partial charge in [0.05, 0.1) is 31.1 Å². The van der Waals surface area contributed by atoms with Crippen LogP contribution in [0.15, 0.2) is 23.6 Å². The van der Waals surface area contributed by atoms with Crippen LogP contribution in [0.5, 0.6) is 5.75 Å². The van der Waals surface area contributed by atoms with E-state index >= 15 is 0 Å². The summed E-state index contributed by atoms with van der Waals surface area (Å²) in [5, 5.41) is 22.5. The van der Waals surface area contributed by atoms with Gasteiger partial charge in [-0.05, 0) is 36.8 Å². The number of aliphatic hydroxyl groups excluding tert-OH is 2. The van der Waals surface area contributed by atoms with Gasteiger partial charge in [0.25, 0.3) is 0 Å². The summed E-state index contributed by atoms with van der Waals surface area (Å²) in [4.78, 5) is 4.42. The van der Waals surface area contributed by atoms with E-state index in [2.05, 4.69) is 4.98 Å². The van der Waals surface area contributed by atoms with Crippen LogP contribution in [0.2, 0.25) is 0 Å². The first-order valence-electron chi connectivity index (χ1n) is 9.89. The second-order valence-corrected chi connectivity index (χ2v) is 8.51. The minimum Gasteiger partial charge on any atom is -0.493 e. The summed E-state index contributed by atoms with van der Waals surface area (Å²) < 4.78 is 26.0. The lowest BCUT2D eigenvalue weighted by Crippen LogP contribution is -2.33. The van der Waals surface area contributed by atoms with Crippen LogP contribution in [0.3, 0.4) is 0 Å². The lowest BCUT2D eigenvalue weighted by atomic mass is 9.87. The molecule has 4 rings (SSSR count). The van der Waals surface area contributed by atoms with Crippen molar-refractivity contribution in [1.82, 2.24) is 4.98 Å². The summed E-state index contributed by atoms with van der Waals surface area (Å²) in [5.74, 6) is 0.450. The number of thiazole rings is 1. The van der Waals surface area contributed by atoms with Crippen molar-refractivity contribution in [3.63, 3.8) is 0 Å². The van der Waals surface area contributed by atoms with Gasteiger partial charge in [0, 0.05) is 23.8 Å². The van der Waals surface area contributed by atoms with Gasteiger partial charge in [-0.25, -0.2) is 9.37 Å². The Hall–Kier alpha value is -1.54.